The van der Waals surface area contributed by atoms with Gasteiger partial charge in [0.15, 0.2) is 5.82 Å². The van der Waals surface area contributed by atoms with Crippen LogP contribution in [0.1, 0.15) is 17.0 Å². The number of aromatic nitrogens is 3. The highest BCUT2D eigenvalue weighted by Gasteiger charge is 2.11. The van der Waals surface area contributed by atoms with E-state index in [4.69, 9.17) is 0 Å². The second-order valence-electron chi connectivity index (χ2n) is 4.45. The van der Waals surface area contributed by atoms with Crippen molar-refractivity contribution >= 4 is 10.9 Å². The highest BCUT2D eigenvalue weighted by atomic mass is 15.1. The van der Waals surface area contributed by atoms with Crippen LogP contribution < -0.4 is 0 Å². The third-order valence-corrected chi connectivity index (χ3v) is 3.30. The van der Waals surface area contributed by atoms with E-state index < -0.39 is 0 Å². The highest BCUT2D eigenvalue weighted by Crippen LogP contribution is 2.21. The molecule has 3 aromatic rings. The standard InChI is InChI=1S/C15H12N4/c1-10-11(2)19(9-17-10)15-13(8-16)7-12-5-3-4-6-14(12)18-15/h3-7,9H,1-2H3. The van der Waals surface area contributed by atoms with Gasteiger partial charge in [-0.15, -0.1) is 0 Å². The van der Waals surface area contributed by atoms with E-state index in [2.05, 4.69) is 16.0 Å². The first-order chi connectivity index (χ1) is 9.20. The molecule has 0 radical (unpaired) electrons. The minimum atomic E-state index is 0.555. The zero-order chi connectivity index (χ0) is 13.4. The van der Waals surface area contributed by atoms with Gasteiger partial charge in [-0.2, -0.15) is 5.26 Å². The van der Waals surface area contributed by atoms with Gasteiger partial charge in [-0.05, 0) is 26.0 Å². The van der Waals surface area contributed by atoms with Crippen molar-refractivity contribution in [3.8, 4) is 11.9 Å². The molecule has 0 fully saturated rings. The zero-order valence-corrected chi connectivity index (χ0v) is 10.8. The average Bonchev–Trinajstić information content (AvgIpc) is 2.77. The second kappa shape index (κ2) is 4.21. The Morgan fingerprint density at radius 3 is 2.68 bits per heavy atom. The van der Waals surface area contributed by atoms with Gasteiger partial charge in [0.25, 0.3) is 0 Å². The number of nitrogens with zero attached hydrogens (tertiary/aromatic N) is 4. The quantitative estimate of drug-likeness (QED) is 0.665. The molecule has 0 unspecified atom stereocenters. The Bertz CT molecular complexity index is 809. The van der Waals surface area contributed by atoms with Crippen LogP contribution in [0.5, 0.6) is 0 Å². The molecule has 0 amide bonds. The summed E-state index contributed by atoms with van der Waals surface area (Å²) in [6.45, 7) is 3.92. The predicted octanol–water partition coefficient (Wildman–Crippen LogP) is 2.91. The zero-order valence-electron chi connectivity index (χ0n) is 10.8. The van der Waals surface area contributed by atoms with Gasteiger partial charge in [0.2, 0.25) is 0 Å². The summed E-state index contributed by atoms with van der Waals surface area (Å²) in [6.07, 6.45) is 1.71. The molecule has 0 aliphatic carbocycles. The van der Waals surface area contributed by atoms with Crippen LogP contribution in [0.25, 0.3) is 16.7 Å². The lowest BCUT2D eigenvalue weighted by Crippen LogP contribution is -2.02. The summed E-state index contributed by atoms with van der Waals surface area (Å²) in [5, 5.41) is 10.3. The van der Waals surface area contributed by atoms with E-state index in [0.29, 0.717) is 11.4 Å². The SMILES string of the molecule is Cc1ncn(-c2nc3ccccc3cc2C#N)c1C. The second-order valence-corrected chi connectivity index (χ2v) is 4.45. The fourth-order valence-corrected chi connectivity index (χ4v) is 2.08. The number of hydrogen-bond acceptors (Lipinski definition) is 3. The molecular weight excluding hydrogens is 236 g/mol. The first-order valence-corrected chi connectivity index (χ1v) is 6.01. The summed E-state index contributed by atoms with van der Waals surface area (Å²) in [4.78, 5) is 8.85. The Morgan fingerprint density at radius 2 is 2.00 bits per heavy atom. The molecule has 1 aromatic carbocycles. The van der Waals surface area contributed by atoms with Crippen LogP contribution in [-0.4, -0.2) is 14.5 Å². The Labute approximate surface area is 111 Å². The molecule has 0 atom stereocenters. The Morgan fingerprint density at radius 1 is 1.21 bits per heavy atom. The fourth-order valence-electron chi connectivity index (χ4n) is 2.08. The van der Waals surface area contributed by atoms with Crippen LogP contribution in [0.15, 0.2) is 36.7 Å². The normalized spacial score (nSPS) is 10.6. The van der Waals surface area contributed by atoms with E-state index >= 15 is 0 Å². The Balaban J connectivity index is 2.34. The van der Waals surface area contributed by atoms with Gasteiger partial charge in [0.1, 0.15) is 12.4 Å². The average molecular weight is 248 g/mol. The summed E-state index contributed by atoms with van der Waals surface area (Å²) in [6, 6.07) is 11.9. The van der Waals surface area contributed by atoms with Crippen LogP contribution in [-0.2, 0) is 0 Å². The van der Waals surface area contributed by atoms with Crippen LogP contribution in [0.3, 0.4) is 0 Å². The van der Waals surface area contributed by atoms with Gasteiger partial charge in [0.05, 0.1) is 16.8 Å². The Kier molecular flexibility index (Phi) is 2.53. The Hall–Kier alpha value is -2.67. The fraction of sp³-hybridized carbons (Fsp3) is 0.133. The lowest BCUT2D eigenvalue weighted by atomic mass is 10.1. The largest absolute Gasteiger partial charge is 0.286 e. The highest BCUT2D eigenvalue weighted by molar-refractivity contribution is 5.81. The predicted molar refractivity (Wildman–Crippen MR) is 73.1 cm³/mol. The minimum Gasteiger partial charge on any atom is -0.286 e. The molecule has 0 aliphatic rings. The number of rotatable bonds is 1. The van der Waals surface area contributed by atoms with Crippen molar-refractivity contribution in [1.29, 1.82) is 5.26 Å². The van der Waals surface area contributed by atoms with Crippen molar-refractivity contribution in [1.82, 2.24) is 14.5 Å². The van der Waals surface area contributed by atoms with Gasteiger partial charge in [-0.1, -0.05) is 18.2 Å². The number of fused-ring (bicyclic) bond motifs is 1. The maximum atomic E-state index is 9.31. The van der Waals surface area contributed by atoms with Gasteiger partial charge in [-0.3, -0.25) is 4.57 Å². The maximum absolute atomic E-state index is 9.31. The maximum Gasteiger partial charge on any atom is 0.156 e. The van der Waals surface area contributed by atoms with Gasteiger partial charge in [-0.25, -0.2) is 9.97 Å². The van der Waals surface area contributed by atoms with E-state index in [0.717, 1.165) is 22.3 Å². The van der Waals surface area contributed by atoms with Crippen molar-refractivity contribution in [2.45, 2.75) is 13.8 Å². The molecule has 0 saturated heterocycles. The summed E-state index contributed by atoms with van der Waals surface area (Å²) < 4.78 is 1.86. The van der Waals surface area contributed by atoms with E-state index in [9.17, 15) is 5.26 Å². The van der Waals surface area contributed by atoms with Crippen molar-refractivity contribution in [2.24, 2.45) is 0 Å². The van der Waals surface area contributed by atoms with Crippen molar-refractivity contribution in [3.05, 3.63) is 53.6 Å². The first kappa shape index (κ1) is 11.4. The number of benzene rings is 1. The number of pyridine rings is 1. The van der Waals surface area contributed by atoms with E-state index in [1.54, 1.807) is 6.33 Å². The van der Waals surface area contributed by atoms with Crippen molar-refractivity contribution in [3.63, 3.8) is 0 Å². The van der Waals surface area contributed by atoms with Crippen LogP contribution in [0.4, 0.5) is 0 Å². The number of para-hydroxylation sites is 1. The van der Waals surface area contributed by atoms with Gasteiger partial charge in [0, 0.05) is 11.1 Å². The number of hydrogen-bond donors (Lipinski definition) is 0. The summed E-state index contributed by atoms with van der Waals surface area (Å²) in [5.41, 5.74) is 3.37. The molecule has 0 spiro atoms. The molecular formula is C15H12N4. The van der Waals surface area contributed by atoms with Crippen molar-refractivity contribution < 1.29 is 0 Å². The first-order valence-electron chi connectivity index (χ1n) is 6.01. The van der Waals surface area contributed by atoms with E-state index in [1.807, 2.05) is 48.7 Å². The molecule has 2 aromatic heterocycles. The molecule has 4 nitrogen and oxygen atoms in total. The molecule has 4 heteroatoms. The third kappa shape index (κ3) is 1.76. The number of imidazole rings is 1. The molecule has 3 rings (SSSR count). The lowest BCUT2D eigenvalue weighted by molar-refractivity contribution is 0.955. The van der Waals surface area contributed by atoms with Gasteiger partial charge >= 0.3 is 0 Å². The molecule has 0 aliphatic heterocycles. The number of aryl methyl sites for hydroxylation is 1. The monoisotopic (exact) mass is 248 g/mol. The van der Waals surface area contributed by atoms with Crippen LogP contribution >= 0.6 is 0 Å². The topological polar surface area (TPSA) is 54.5 Å². The van der Waals surface area contributed by atoms with E-state index in [-0.39, 0.29) is 0 Å². The van der Waals surface area contributed by atoms with Crippen LogP contribution in [0, 0.1) is 25.2 Å². The summed E-state index contributed by atoms with van der Waals surface area (Å²) in [5.74, 6) is 0.638. The molecule has 0 bridgehead atoms. The van der Waals surface area contributed by atoms with E-state index in [1.165, 1.54) is 0 Å². The van der Waals surface area contributed by atoms with Gasteiger partial charge < -0.3 is 0 Å². The molecule has 92 valence electrons. The number of nitriles is 1. The summed E-state index contributed by atoms with van der Waals surface area (Å²) >= 11 is 0. The molecule has 0 N–H and O–H groups in total. The molecule has 19 heavy (non-hydrogen) atoms. The van der Waals surface area contributed by atoms with Crippen LogP contribution in [0.2, 0.25) is 0 Å². The molecule has 0 saturated carbocycles. The van der Waals surface area contributed by atoms with Crippen molar-refractivity contribution in [2.75, 3.05) is 0 Å². The molecule has 2 heterocycles. The third-order valence-electron chi connectivity index (χ3n) is 3.30. The minimum absolute atomic E-state index is 0.555. The summed E-state index contributed by atoms with van der Waals surface area (Å²) in [7, 11) is 0. The lowest BCUT2D eigenvalue weighted by Gasteiger charge is -2.08. The smallest absolute Gasteiger partial charge is 0.156 e.